The number of benzene rings is 1. The first-order chi connectivity index (χ1) is 9.79. The smallest absolute Gasteiger partial charge is 0.147 e. The molecule has 0 bridgehead atoms. The van der Waals surface area contributed by atoms with E-state index in [-0.39, 0.29) is 0 Å². The van der Waals surface area contributed by atoms with Crippen molar-refractivity contribution in [2.24, 2.45) is 4.99 Å². The van der Waals surface area contributed by atoms with Crippen LogP contribution < -0.4 is 0 Å². The quantitative estimate of drug-likeness (QED) is 0.905. The molecule has 2 aromatic rings. The summed E-state index contributed by atoms with van der Waals surface area (Å²) in [5, 5.41) is 8.00. The number of methoxy groups -OCH3 is 1. The molecule has 0 fully saturated rings. The third-order valence-electron chi connectivity index (χ3n) is 3.04. The largest absolute Gasteiger partial charge is 0.494 e. The van der Waals surface area contributed by atoms with E-state index in [0.717, 1.165) is 11.3 Å². The van der Waals surface area contributed by atoms with Crippen molar-refractivity contribution >= 4 is 17.1 Å². The number of aromatic nitrogens is 1. The number of allylic oxidation sites excluding steroid dienone is 2. The number of aliphatic imine (C=N–C) groups is 1. The van der Waals surface area contributed by atoms with Crippen LogP contribution in [0, 0.1) is 5.41 Å². The molecule has 0 radical (unpaired) electrons. The van der Waals surface area contributed by atoms with E-state index in [0.29, 0.717) is 22.9 Å². The fraction of sp³-hybridized carbons (Fsp3) is 0.0625. The average molecular weight is 263 g/mol. The molecule has 0 spiro atoms. The van der Waals surface area contributed by atoms with Crippen molar-refractivity contribution in [3.05, 3.63) is 71.8 Å². The second-order valence-electron chi connectivity index (χ2n) is 4.32. The van der Waals surface area contributed by atoms with Gasteiger partial charge in [0.25, 0.3) is 0 Å². The molecule has 1 N–H and O–H groups in total. The summed E-state index contributed by atoms with van der Waals surface area (Å²) in [5.74, 6) is 0.583. The molecule has 1 aromatic heterocycles. The molecule has 1 heterocycles. The fourth-order valence-corrected chi connectivity index (χ4v) is 2.11. The van der Waals surface area contributed by atoms with Gasteiger partial charge in [-0.1, -0.05) is 18.2 Å². The molecule has 4 heteroatoms. The first kappa shape index (κ1) is 12.3. The lowest BCUT2D eigenvalue weighted by Crippen LogP contribution is -2.20. The summed E-state index contributed by atoms with van der Waals surface area (Å²) in [4.78, 5) is 8.89. The molecule has 0 amide bonds. The van der Waals surface area contributed by atoms with E-state index in [4.69, 9.17) is 10.1 Å². The van der Waals surface area contributed by atoms with Crippen molar-refractivity contribution in [1.82, 2.24) is 4.98 Å². The molecule has 20 heavy (non-hydrogen) atoms. The second kappa shape index (κ2) is 5.09. The minimum Gasteiger partial charge on any atom is -0.494 e. The maximum atomic E-state index is 8.00. The molecule has 4 nitrogen and oxygen atoms in total. The molecule has 98 valence electrons. The van der Waals surface area contributed by atoms with Gasteiger partial charge in [0.2, 0.25) is 0 Å². The van der Waals surface area contributed by atoms with E-state index in [1.807, 2.05) is 42.5 Å². The van der Waals surface area contributed by atoms with Gasteiger partial charge in [0.1, 0.15) is 11.5 Å². The van der Waals surface area contributed by atoms with Gasteiger partial charge in [-0.25, -0.2) is 4.99 Å². The Kier molecular flexibility index (Phi) is 3.13. The number of fused-ring (bicyclic) bond motifs is 1. The Morgan fingerprint density at radius 3 is 2.65 bits per heavy atom. The van der Waals surface area contributed by atoms with Gasteiger partial charge in [0.15, 0.2) is 0 Å². The number of nitrogens with zero attached hydrogens (tertiary/aromatic N) is 2. The Morgan fingerprint density at radius 1 is 1.10 bits per heavy atom. The van der Waals surface area contributed by atoms with Gasteiger partial charge in [-0.05, 0) is 24.3 Å². The van der Waals surface area contributed by atoms with Crippen molar-refractivity contribution < 1.29 is 4.74 Å². The maximum absolute atomic E-state index is 8.00. The second-order valence-corrected chi connectivity index (χ2v) is 4.32. The van der Waals surface area contributed by atoms with Gasteiger partial charge < -0.3 is 4.74 Å². The predicted molar refractivity (Wildman–Crippen MR) is 78.8 cm³/mol. The van der Waals surface area contributed by atoms with Crippen molar-refractivity contribution in [2.45, 2.75) is 0 Å². The third kappa shape index (κ3) is 2.12. The number of hydrogen-bond donors (Lipinski definition) is 1. The highest BCUT2D eigenvalue weighted by atomic mass is 16.5. The number of pyridine rings is 1. The van der Waals surface area contributed by atoms with Crippen LogP contribution in [-0.2, 0) is 4.74 Å². The molecule has 0 atom stereocenters. The van der Waals surface area contributed by atoms with Crippen LogP contribution in [0.2, 0.25) is 0 Å². The predicted octanol–water partition coefficient (Wildman–Crippen LogP) is 3.11. The zero-order chi connectivity index (χ0) is 13.9. The van der Waals surface area contributed by atoms with Crippen LogP contribution in [0.3, 0.4) is 0 Å². The zero-order valence-electron chi connectivity index (χ0n) is 11.0. The lowest BCUT2D eigenvalue weighted by Gasteiger charge is -2.18. The first-order valence-electron chi connectivity index (χ1n) is 6.23. The Labute approximate surface area is 117 Å². The highest BCUT2D eigenvalue weighted by Gasteiger charge is 2.23. The van der Waals surface area contributed by atoms with E-state index in [9.17, 15) is 0 Å². The van der Waals surface area contributed by atoms with Gasteiger partial charge in [0, 0.05) is 17.8 Å². The van der Waals surface area contributed by atoms with Crippen molar-refractivity contribution in [3.8, 4) is 0 Å². The van der Waals surface area contributed by atoms with Crippen molar-refractivity contribution in [1.29, 1.82) is 5.41 Å². The third-order valence-corrected chi connectivity index (χ3v) is 3.04. The SMILES string of the molecule is COC1=CC(=N)c2ncccc2C1=Nc1ccccc1. The molecule has 3 rings (SSSR count). The summed E-state index contributed by atoms with van der Waals surface area (Å²) in [6.07, 6.45) is 3.33. The number of nitrogens with one attached hydrogen (secondary N) is 1. The van der Waals surface area contributed by atoms with Crippen LogP contribution >= 0.6 is 0 Å². The highest BCUT2D eigenvalue weighted by Crippen LogP contribution is 2.23. The average Bonchev–Trinajstić information content (AvgIpc) is 2.51. The van der Waals surface area contributed by atoms with Crippen LogP contribution in [0.25, 0.3) is 0 Å². The number of rotatable bonds is 2. The van der Waals surface area contributed by atoms with E-state index < -0.39 is 0 Å². The number of ether oxygens (including phenoxy) is 1. The topological polar surface area (TPSA) is 58.3 Å². The van der Waals surface area contributed by atoms with Gasteiger partial charge in [-0.3, -0.25) is 10.4 Å². The molecule has 0 saturated heterocycles. The molecule has 0 unspecified atom stereocenters. The van der Waals surface area contributed by atoms with Gasteiger partial charge >= 0.3 is 0 Å². The summed E-state index contributed by atoms with van der Waals surface area (Å²) >= 11 is 0. The number of para-hydroxylation sites is 1. The molecular formula is C16H13N3O. The summed E-state index contributed by atoms with van der Waals surface area (Å²) in [6.45, 7) is 0. The molecule has 0 saturated carbocycles. The van der Waals surface area contributed by atoms with Crippen molar-refractivity contribution in [3.63, 3.8) is 0 Å². The van der Waals surface area contributed by atoms with Gasteiger partial charge in [-0.2, -0.15) is 0 Å². The summed E-state index contributed by atoms with van der Waals surface area (Å²) in [7, 11) is 1.58. The lowest BCUT2D eigenvalue weighted by molar-refractivity contribution is 0.315. The Morgan fingerprint density at radius 2 is 1.90 bits per heavy atom. The normalized spacial score (nSPS) is 15.8. The lowest BCUT2D eigenvalue weighted by atomic mass is 9.97. The van der Waals surface area contributed by atoms with Crippen LogP contribution in [0.4, 0.5) is 5.69 Å². The first-order valence-corrected chi connectivity index (χ1v) is 6.23. The summed E-state index contributed by atoms with van der Waals surface area (Å²) in [6, 6.07) is 13.4. The van der Waals surface area contributed by atoms with Crippen molar-refractivity contribution in [2.75, 3.05) is 7.11 Å². The van der Waals surface area contributed by atoms with Crippen LogP contribution in [-0.4, -0.2) is 23.5 Å². The number of hydrogen-bond acceptors (Lipinski definition) is 4. The van der Waals surface area contributed by atoms with E-state index in [1.165, 1.54) is 0 Å². The summed E-state index contributed by atoms with van der Waals surface area (Å²) in [5.41, 5.74) is 3.33. The van der Waals surface area contributed by atoms with Crippen LogP contribution in [0.15, 0.2) is 65.5 Å². The van der Waals surface area contributed by atoms with E-state index >= 15 is 0 Å². The van der Waals surface area contributed by atoms with E-state index in [1.54, 1.807) is 19.4 Å². The van der Waals surface area contributed by atoms with E-state index in [2.05, 4.69) is 9.98 Å². The summed E-state index contributed by atoms with van der Waals surface area (Å²) < 4.78 is 5.36. The van der Waals surface area contributed by atoms with Crippen LogP contribution in [0.1, 0.15) is 11.3 Å². The zero-order valence-corrected chi connectivity index (χ0v) is 11.0. The van der Waals surface area contributed by atoms with Gasteiger partial charge in [-0.15, -0.1) is 0 Å². The monoisotopic (exact) mass is 263 g/mol. The Hall–Kier alpha value is -2.75. The maximum Gasteiger partial charge on any atom is 0.147 e. The molecule has 1 aliphatic rings. The van der Waals surface area contributed by atoms with Gasteiger partial charge in [0.05, 0.1) is 24.2 Å². The Bertz CT molecular complexity index is 718. The minimum atomic E-state index is 0.337. The minimum absolute atomic E-state index is 0.337. The highest BCUT2D eigenvalue weighted by molar-refractivity contribution is 6.26. The standard InChI is InChI=1S/C16H13N3O/c1-20-14-10-13(17)15-12(8-5-9-18-15)16(14)19-11-6-3-2-4-7-11/h2-10,17H,1H3. The van der Waals surface area contributed by atoms with Crippen LogP contribution in [0.5, 0.6) is 0 Å². The fourth-order valence-electron chi connectivity index (χ4n) is 2.11. The molecule has 0 aliphatic heterocycles. The Balaban J connectivity index is 2.19. The molecule has 1 aliphatic carbocycles. The molecular weight excluding hydrogens is 250 g/mol. The molecule has 1 aromatic carbocycles.